The van der Waals surface area contributed by atoms with Crippen LogP contribution in [0.25, 0.3) is 0 Å². The van der Waals surface area contributed by atoms with Crippen molar-refractivity contribution in [1.29, 1.82) is 0 Å². The molecule has 3 aromatic rings. The molecule has 1 aromatic heterocycles. The molecule has 0 unspecified atom stereocenters. The number of aryl methyl sites for hydroxylation is 1. The van der Waals surface area contributed by atoms with Gasteiger partial charge in [-0.3, -0.25) is 4.99 Å². The van der Waals surface area contributed by atoms with Gasteiger partial charge in [0, 0.05) is 35.5 Å². The molecule has 3 rings (SSSR count). The summed E-state index contributed by atoms with van der Waals surface area (Å²) in [5, 5.41) is 10.2. The van der Waals surface area contributed by atoms with E-state index < -0.39 is 5.82 Å². The van der Waals surface area contributed by atoms with E-state index in [0.29, 0.717) is 17.7 Å². The summed E-state index contributed by atoms with van der Waals surface area (Å²) in [7, 11) is 0. The summed E-state index contributed by atoms with van der Waals surface area (Å²) in [6.45, 7) is 4.01. The summed E-state index contributed by atoms with van der Waals surface area (Å²) < 4.78 is 13.4. The molecule has 4 nitrogen and oxygen atoms in total. The molecule has 0 fully saturated rings. The number of aliphatic imine (C=N–C) groups is 1. The zero-order valence-electron chi connectivity index (χ0n) is 14.2. The number of nitrogens with zero attached hydrogens (tertiary/aromatic N) is 2. The highest BCUT2D eigenvalue weighted by Crippen LogP contribution is 2.23. The van der Waals surface area contributed by atoms with Crippen molar-refractivity contribution in [3.8, 4) is 5.75 Å². The Bertz CT molecular complexity index is 870. The third-order valence-electron chi connectivity index (χ3n) is 3.96. The zero-order chi connectivity index (χ0) is 17.8. The molecule has 0 aliphatic rings. The van der Waals surface area contributed by atoms with Crippen molar-refractivity contribution in [3.63, 3.8) is 0 Å². The van der Waals surface area contributed by atoms with E-state index in [1.807, 2.05) is 38.1 Å². The lowest BCUT2D eigenvalue weighted by molar-refractivity contribution is 0.468. The molecular formula is C20H20FN3O. The van der Waals surface area contributed by atoms with Gasteiger partial charge in [-0.05, 0) is 26.0 Å². The second-order valence-corrected chi connectivity index (χ2v) is 6.14. The summed E-state index contributed by atoms with van der Waals surface area (Å²) in [5.74, 6) is -0.594. The minimum Gasteiger partial charge on any atom is -0.507 e. The molecule has 0 aliphatic heterocycles. The van der Waals surface area contributed by atoms with Gasteiger partial charge in [-0.2, -0.15) is 0 Å². The van der Waals surface area contributed by atoms with Crippen LogP contribution < -0.4 is 0 Å². The molecular weight excluding hydrogens is 317 g/mol. The van der Waals surface area contributed by atoms with Crippen LogP contribution in [0.1, 0.15) is 29.3 Å². The Kier molecular flexibility index (Phi) is 4.93. The van der Waals surface area contributed by atoms with Gasteiger partial charge in [0.1, 0.15) is 11.6 Å². The molecule has 0 amide bonds. The molecule has 25 heavy (non-hydrogen) atoms. The fourth-order valence-electron chi connectivity index (χ4n) is 2.70. The van der Waals surface area contributed by atoms with Crippen LogP contribution >= 0.6 is 0 Å². The number of phenols is 1. The number of aromatic nitrogens is 2. The topological polar surface area (TPSA) is 61.3 Å². The first-order valence-corrected chi connectivity index (χ1v) is 8.14. The summed E-state index contributed by atoms with van der Waals surface area (Å²) in [6, 6.07) is 11.9. The highest BCUT2D eigenvalue weighted by atomic mass is 19.1. The lowest BCUT2D eigenvalue weighted by Crippen LogP contribution is -2.12. The monoisotopic (exact) mass is 337 g/mol. The summed E-state index contributed by atoms with van der Waals surface area (Å²) >= 11 is 0. The van der Waals surface area contributed by atoms with Gasteiger partial charge in [-0.25, -0.2) is 9.37 Å². The molecule has 0 saturated carbocycles. The second kappa shape index (κ2) is 7.30. The highest BCUT2D eigenvalue weighted by molar-refractivity contribution is 6.14. The van der Waals surface area contributed by atoms with Crippen LogP contribution in [-0.4, -0.2) is 26.8 Å². The van der Waals surface area contributed by atoms with E-state index in [1.54, 1.807) is 18.6 Å². The number of halogens is 1. The average molecular weight is 337 g/mol. The van der Waals surface area contributed by atoms with E-state index >= 15 is 0 Å². The lowest BCUT2D eigenvalue weighted by Gasteiger charge is -2.13. The quantitative estimate of drug-likeness (QED) is 0.691. The maximum atomic E-state index is 13.4. The maximum Gasteiger partial charge on any atom is 0.127 e. The standard InChI is InChI=1S/C20H20FN3O/c1-13-3-5-15(6-4-13)20(18-8-7-16(21)10-19(18)25)24-14(2)9-17-11-22-12-23-17/h3-8,10-12,14,25H,9H2,1-2H3,(H,22,23)/t14-/m1/s1. The van der Waals surface area contributed by atoms with Gasteiger partial charge >= 0.3 is 0 Å². The molecule has 1 atom stereocenters. The van der Waals surface area contributed by atoms with E-state index in [1.165, 1.54) is 6.07 Å². The van der Waals surface area contributed by atoms with Crippen LogP contribution in [0.4, 0.5) is 4.39 Å². The summed E-state index contributed by atoms with van der Waals surface area (Å²) in [5.41, 5.74) is 4.16. The van der Waals surface area contributed by atoms with Crippen molar-refractivity contribution in [1.82, 2.24) is 9.97 Å². The van der Waals surface area contributed by atoms with Gasteiger partial charge in [0.2, 0.25) is 0 Å². The van der Waals surface area contributed by atoms with Gasteiger partial charge < -0.3 is 10.1 Å². The number of imidazole rings is 1. The molecule has 0 aliphatic carbocycles. The van der Waals surface area contributed by atoms with Crippen LogP contribution in [0.15, 0.2) is 60.0 Å². The van der Waals surface area contributed by atoms with E-state index in [0.717, 1.165) is 22.9 Å². The highest BCUT2D eigenvalue weighted by Gasteiger charge is 2.14. The van der Waals surface area contributed by atoms with Crippen LogP contribution in [0.2, 0.25) is 0 Å². The third kappa shape index (κ3) is 4.12. The van der Waals surface area contributed by atoms with Crippen molar-refractivity contribution in [2.45, 2.75) is 26.3 Å². The molecule has 0 saturated heterocycles. The fourth-order valence-corrected chi connectivity index (χ4v) is 2.70. The molecule has 5 heteroatoms. The van der Waals surface area contributed by atoms with Crippen molar-refractivity contribution < 1.29 is 9.50 Å². The Morgan fingerprint density at radius 2 is 2.00 bits per heavy atom. The van der Waals surface area contributed by atoms with Crippen LogP contribution in [0, 0.1) is 12.7 Å². The number of phenolic OH excluding ortho intramolecular Hbond substituents is 1. The van der Waals surface area contributed by atoms with Crippen LogP contribution in [0.3, 0.4) is 0 Å². The third-order valence-corrected chi connectivity index (χ3v) is 3.96. The van der Waals surface area contributed by atoms with Gasteiger partial charge in [0.15, 0.2) is 0 Å². The number of hydrogen-bond donors (Lipinski definition) is 2. The molecule has 0 radical (unpaired) electrons. The van der Waals surface area contributed by atoms with Crippen LogP contribution in [-0.2, 0) is 6.42 Å². The average Bonchev–Trinajstić information content (AvgIpc) is 3.07. The van der Waals surface area contributed by atoms with Gasteiger partial charge in [0.05, 0.1) is 18.1 Å². The molecule has 2 aromatic carbocycles. The van der Waals surface area contributed by atoms with Crippen molar-refractivity contribution in [2.24, 2.45) is 4.99 Å². The number of H-pyrrole nitrogens is 1. The number of hydrogen-bond acceptors (Lipinski definition) is 3. The van der Waals surface area contributed by atoms with Gasteiger partial charge in [0.25, 0.3) is 0 Å². The fraction of sp³-hybridized carbons (Fsp3) is 0.200. The smallest absolute Gasteiger partial charge is 0.127 e. The summed E-state index contributed by atoms with van der Waals surface area (Å²) in [4.78, 5) is 11.9. The van der Waals surface area contributed by atoms with E-state index in [9.17, 15) is 9.50 Å². The van der Waals surface area contributed by atoms with Crippen molar-refractivity contribution in [3.05, 3.63) is 83.2 Å². The Hall–Kier alpha value is -2.95. The number of rotatable bonds is 5. The maximum absolute atomic E-state index is 13.4. The first kappa shape index (κ1) is 16.9. The predicted octanol–water partition coefficient (Wildman–Crippen LogP) is 4.03. The first-order chi connectivity index (χ1) is 12.0. The van der Waals surface area contributed by atoms with E-state index in [-0.39, 0.29) is 11.8 Å². The first-order valence-electron chi connectivity index (χ1n) is 8.14. The van der Waals surface area contributed by atoms with Crippen LogP contribution in [0.5, 0.6) is 5.75 Å². The predicted molar refractivity (Wildman–Crippen MR) is 96.6 cm³/mol. The number of nitrogens with one attached hydrogen (secondary N) is 1. The van der Waals surface area contributed by atoms with E-state index in [2.05, 4.69) is 9.97 Å². The van der Waals surface area contributed by atoms with Gasteiger partial charge in [-0.1, -0.05) is 29.8 Å². The Morgan fingerprint density at radius 1 is 1.24 bits per heavy atom. The normalized spacial score (nSPS) is 13.0. The molecule has 0 spiro atoms. The number of benzene rings is 2. The number of aromatic amines is 1. The van der Waals surface area contributed by atoms with Crippen molar-refractivity contribution >= 4 is 5.71 Å². The SMILES string of the molecule is Cc1ccc(C(=N[C@H](C)Cc2cnc[nH]2)c2ccc(F)cc2O)cc1. The van der Waals surface area contributed by atoms with E-state index in [4.69, 9.17) is 4.99 Å². The zero-order valence-corrected chi connectivity index (χ0v) is 14.2. The minimum atomic E-state index is -0.477. The molecule has 128 valence electrons. The minimum absolute atomic E-state index is 0.0405. The second-order valence-electron chi connectivity index (χ2n) is 6.14. The Morgan fingerprint density at radius 3 is 2.64 bits per heavy atom. The number of aromatic hydroxyl groups is 1. The largest absolute Gasteiger partial charge is 0.507 e. The molecule has 0 bridgehead atoms. The van der Waals surface area contributed by atoms with Crippen molar-refractivity contribution in [2.75, 3.05) is 0 Å². The molecule has 1 heterocycles. The lowest BCUT2D eigenvalue weighted by atomic mass is 9.99. The summed E-state index contributed by atoms with van der Waals surface area (Å²) in [6.07, 6.45) is 4.10. The Labute approximate surface area is 146 Å². The Balaban J connectivity index is 2.01. The van der Waals surface area contributed by atoms with Gasteiger partial charge in [-0.15, -0.1) is 0 Å². The molecule has 2 N–H and O–H groups in total.